The lowest BCUT2D eigenvalue weighted by Gasteiger charge is -2.26. The average molecular weight is 691 g/mol. The topological polar surface area (TPSA) is 58.0 Å². The highest BCUT2D eigenvalue weighted by Crippen LogP contribution is 2.43. The van der Waals surface area contributed by atoms with Crippen LogP contribution in [0.2, 0.25) is 0 Å². The molecular weight excluding hydrogens is 645 g/mol. The molecule has 1 aliphatic rings. The third-order valence-electron chi connectivity index (χ3n) is 9.31. The first kappa shape index (κ1) is 36.3. The van der Waals surface area contributed by atoms with E-state index in [1.165, 1.54) is 38.5 Å². The summed E-state index contributed by atoms with van der Waals surface area (Å²) in [6.45, 7) is 8.32. The van der Waals surface area contributed by atoms with Crippen LogP contribution in [0.5, 0.6) is 0 Å². The van der Waals surface area contributed by atoms with Gasteiger partial charge in [0, 0.05) is 40.8 Å². The Balaban J connectivity index is 0.000000197. The maximum Gasteiger partial charge on any atom is 0.0719 e. The number of allylic oxidation sites excluding steroid dienone is 5. The SMILES string of the molecule is C/C=C\C(=N)C(N)c1ccccc1.C=C1/C=C\C=C/N(c2ccccc2)c2cc3c(cc2-c2ccccc21)c1ccccc1n3C.Cc1ccccc1. The third kappa shape index (κ3) is 8.36. The molecule has 0 amide bonds. The van der Waals surface area contributed by atoms with Crippen molar-refractivity contribution in [3.8, 4) is 11.1 Å². The predicted octanol–water partition coefficient (Wildman–Crippen LogP) is 12.5. The van der Waals surface area contributed by atoms with Gasteiger partial charge < -0.3 is 20.6 Å². The van der Waals surface area contributed by atoms with Crippen molar-refractivity contribution in [1.29, 1.82) is 5.41 Å². The maximum atomic E-state index is 7.62. The summed E-state index contributed by atoms with van der Waals surface area (Å²) in [7, 11) is 2.15. The van der Waals surface area contributed by atoms with Crippen LogP contribution in [-0.2, 0) is 7.05 Å². The molecule has 1 aromatic heterocycles. The van der Waals surface area contributed by atoms with E-state index in [9.17, 15) is 0 Å². The van der Waals surface area contributed by atoms with E-state index in [0.717, 1.165) is 28.1 Å². The van der Waals surface area contributed by atoms with Gasteiger partial charge >= 0.3 is 0 Å². The first-order valence-electron chi connectivity index (χ1n) is 17.9. The molecule has 0 fully saturated rings. The van der Waals surface area contributed by atoms with Gasteiger partial charge in [-0.25, -0.2) is 0 Å². The van der Waals surface area contributed by atoms with Gasteiger partial charge in [-0.05, 0) is 78.6 Å². The van der Waals surface area contributed by atoms with Gasteiger partial charge in [0.1, 0.15) is 0 Å². The Morgan fingerprint density at radius 1 is 0.679 bits per heavy atom. The number of hydrogen-bond acceptors (Lipinski definition) is 3. The molecule has 0 saturated carbocycles. The fraction of sp³-hybridized carbons (Fsp3) is 0.0816. The highest BCUT2D eigenvalue weighted by Gasteiger charge is 2.20. The fourth-order valence-electron chi connectivity index (χ4n) is 6.56. The Bertz CT molecular complexity index is 2420. The van der Waals surface area contributed by atoms with Gasteiger partial charge in [-0.3, -0.25) is 0 Å². The van der Waals surface area contributed by atoms with Crippen molar-refractivity contribution >= 4 is 44.5 Å². The summed E-state index contributed by atoms with van der Waals surface area (Å²) in [6.07, 6.45) is 11.9. The number of rotatable bonds is 4. The van der Waals surface area contributed by atoms with Crippen LogP contribution < -0.4 is 10.6 Å². The van der Waals surface area contributed by atoms with Crippen LogP contribution >= 0.6 is 0 Å². The number of nitrogens with zero attached hydrogens (tertiary/aromatic N) is 2. The molecule has 4 heteroatoms. The normalized spacial score (nSPS) is 13.9. The molecule has 262 valence electrons. The van der Waals surface area contributed by atoms with Crippen LogP contribution in [0.25, 0.3) is 38.5 Å². The van der Waals surface area contributed by atoms with Crippen LogP contribution in [0.3, 0.4) is 0 Å². The largest absolute Gasteiger partial charge is 0.344 e. The van der Waals surface area contributed by atoms with Gasteiger partial charge in [0.15, 0.2) is 0 Å². The van der Waals surface area contributed by atoms with Crippen LogP contribution in [0, 0.1) is 12.3 Å². The van der Waals surface area contributed by atoms with Gasteiger partial charge in [-0.15, -0.1) is 0 Å². The molecule has 0 aliphatic carbocycles. The lowest BCUT2D eigenvalue weighted by Crippen LogP contribution is -2.18. The van der Waals surface area contributed by atoms with Crippen molar-refractivity contribution in [3.63, 3.8) is 0 Å². The molecule has 3 N–H and O–H groups in total. The number of aryl methyl sites for hydroxylation is 2. The van der Waals surface area contributed by atoms with Gasteiger partial charge in [-0.2, -0.15) is 0 Å². The smallest absolute Gasteiger partial charge is 0.0719 e. The van der Waals surface area contributed by atoms with Gasteiger partial charge in [0.25, 0.3) is 0 Å². The Kier molecular flexibility index (Phi) is 11.7. The van der Waals surface area contributed by atoms with Crippen molar-refractivity contribution < 1.29 is 0 Å². The zero-order valence-corrected chi connectivity index (χ0v) is 30.7. The van der Waals surface area contributed by atoms with E-state index in [4.69, 9.17) is 11.1 Å². The Labute approximate surface area is 313 Å². The highest BCUT2D eigenvalue weighted by atomic mass is 15.1. The van der Waals surface area contributed by atoms with Crippen molar-refractivity contribution in [1.82, 2.24) is 4.57 Å². The van der Waals surface area contributed by atoms with Crippen LogP contribution in [-0.4, -0.2) is 10.3 Å². The average Bonchev–Trinajstić information content (AvgIpc) is 3.48. The summed E-state index contributed by atoms with van der Waals surface area (Å²) in [6, 6.07) is 52.0. The number of nitrogens with one attached hydrogen (secondary N) is 1. The van der Waals surface area contributed by atoms with Gasteiger partial charge in [-0.1, -0.05) is 152 Å². The molecule has 8 rings (SSSR count). The zero-order valence-electron chi connectivity index (χ0n) is 30.7. The summed E-state index contributed by atoms with van der Waals surface area (Å²) in [5.74, 6) is 0. The number of benzene rings is 6. The molecule has 53 heavy (non-hydrogen) atoms. The second-order valence-electron chi connectivity index (χ2n) is 12.9. The van der Waals surface area contributed by atoms with Crippen molar-refractivity contribution in [2.45, 2.75) is 19.9 Å². The molecule has 1 atom stereocenters. The first-order valence-corrected chi connectivity index (χ1v) is 17.9. The Hall–Kier alpha value is -6.49. The lowest BCUT2D eigenvalue weighted by molar-refractivity contribution is 0.956. The lowest BCUT2D eigenvalue weighted by atomic mass is 9.92. The molecule has 6 aromatic carbocycles. The summed E-state index contributed by atoms with van der Waals surface area (Å²) in [5.41, 5.74) is 17.8. The highest BCUT2D eigenvalue weighted by molar-refractivity contribution is 6.12. The Morgan fingerprint density at radius 2 is 1.28 bits per heavy atom. The van der Waals surface area contributed by atoms with Crippen molar-refractivity contribution in [2.24, 2.45) is 12.8 Å². The molecule has 0 bridgehead atoms. The fourth-order valence-corrected chi connectivity index (χ4v) is 6.56. The monoisotopic (exact) mass is 690 g/mol. The molecule has 1 aliphatic heterocycles. The van der Waals surface area contributed by atoms with Gasteiger partial charge in [0.05, 0.1) is 23.0 Å². The number of hydrogen-bond donors (Lipinski definition) is 2. The second-order valence-corrected chi connectivity index (χ2v) is 12.9. The molecule has 0 radical (unpaired) electrons. The summed E-state index contributed by atoms with van der Waals surface area (Å²) in [4.78, 5) is 2.28. The van der Waals surface area contributed by atoms with E-state index < -0.39 is 0 Å². The van der Waals surface area contributed by atoms with Gasteiger partial charge in [0.2, 0.25) is 0 Å². The second kappa shape index (κ2) is 17.1. The Morgan fingerprint density at radius 3 is 1.94 bits per heavy atom. The van der Waals surface area contributed by atoms with Crippen molar-refractivity contribution in [3.05, 3.63) is 212 Å². The number of nitrogens with two attached hydrogens (primary N) is 1. The minimum atomic E-state index is -0.308. The summed E-state index contributed by atoms with van der Waals surface area (Å²) >= 11 is 0. The minimum Gasteiger partial charge on any atom is -0.344 e. The molecule has 2 heterocycles. The molecule has 0 saturated heterocycles. The number of anilines is 2. The zero-order chi connectivity index (χ0) is 37.2. The molecular formula is C49H46N4. The molecule has 4 nitrogen and oxygen atoms in total. The summed E-state index contributed by atoms with van der Waals surface area (Å²) < 4.78 is 2.29. The van der Waals surface area contributed by atoms with E-state index in [0.29, 0.717) is 5.71 Å². The quantitative estimate of drug-likeness (QED) is 0.181. The standard InChI is InChI=1S/C31H24N2.C11H14N2.C7H8/c1-22-12-10-11-19-33(23-13-4-3-5-14-23)31-21-30-28(26-17-8-9-18-29(26)32(30)2)20-27(31)25-16-7-6-15-24(22)25;1-2-6-10(12)11(13)9-7-4-3-5-8-9;1-7-5-3-2-4-6-7/h3-21H,1H2,2H3;2-8,11-12H,13H2,1H3;2-6H,1H3/b12-10-,19-11-;6-2-,12-10?;. The van der Waals surface area contributed by atoms with E-state index in [1.807, 2.05) is 61.5 Å². The molecule has 1 unspecified atom stereocenters. The van der Waals surface area contributed by atoms with E-state index in [-0.39, 0.29) is 6.04 Å². The molecule has 0 spiro atoms. The maximum absolute atomic E-state index is 7.62. The van der Waals surface area contributed by atoms with Crippen LogP contribution in [0.15, 0.2) is 195 Å². The van der Waals surface area contributed by atoms with Crippen LogP contribution in [0.4, 0.5) is 11.4 Å². The van der Waals surface area contributed by atoms with E-state index >= 15 is 0 Å². The first-order chi connectivity index (χ1) is 25.9. The van der Waals surface area contributed by atoms with Crippen LogP contribution in [0.1, 0.15) is 29.7 Å². The van der Waals surface area contributed by atoms with E-state index in [1.54, 1.807) is 6.08 Å². The third-order valence-corrected chi connectivity index (χ3v) is 9.31. The summed E-state index contributed by atoms with van der Waals surface area (Å²) in [5, 5.41) is 10.2. The molecule has 7 aromatic rings. The predicted molar refractivity (Wildman–Crippen MR) is 229 cm³/mol. The van der Waals surface area contributed by atoms with E-state index in [2.05, 4.69) is 158 Å². The number of aromatic nitrogens is 1. The van der Waals surface area contributed by atoms with Crippen molar-refractivity contribution in [2.75, 3.05) is 4.90 Å². The number of para-hydroxylation sites is 2. The number of fused-ring (bicyclic) bond motifs is 6. The minimum absolute atomic E-state index is 0.308.